The van der Waals surface area contributed by atoms with Gasteiger partial charge >= 0.3 is 12.1 Å². The van der Waals surface area contributed by atoms with Crippen LogP contribution in [-0.2, 0) is 4.79 Å². The summed E-state index contributed by atoms with van der Waals surface area (Å²) in [5.41, 5.74) is 5.03. The second kappa shape index (κ2) is 11.7. The lowest BCUT2D eigenvalue weighted by molar-refractivity contribution is -0.192. The summed E-state index contributed by atoms with van der Waals surface area (Å²) in [7, 11) is 0. The fraction of sp³-hybridized carbons (Fsp3) is 0.138. The molecule has 0 saturated carbocycles. The van der Waals surface area contributed by atoms with E-state index in [-0.39, 0.29) is 0 Å². The molecule has 0 spiro atoms. The van der Waals surface area contributed by atoms with Crippen molar-refractivity contribution in [2.45, 2.75) is 12.1 Å². The summed E-state index contributed by atoms with van der Waals surface area (Å²) in [6.07, 6.45) is 0.118. The highest BCUT2D eigenvalue weighted by atomic mass is 19.4. The van der Waals surface area contributed by atoms with Crippen LogP contribution >= 0.6 is 0 Å². The number of aromatic nitrogens is 6. The van der Waals surface area contributed by atoms with E-state index >= 15 is 0 Å². The van der Waals surface area contributed by atoms with Gasteiger partial charge in [-0.05, 0) is 53.9 Å². The van der Waals surface area contributed by atoms with Crippen molar-refractivity contribution in [3.8, 4) is 29.4 Å². The molecule has 2 N–H and O–H groups in total. The number of alkyl halides is 3. The number of nitrogens with zero attached hydrogens (tertiary/aromatic N) is 7. The molecule has 6 rings (SSSR count). The average Bonchev–Trinajstić information content (AvgIpc) is 3.44. The molecule has 42 heavy (non-hydrogen) atoms. The van der Waals surface area contributed by atoms with Gasteiger partial charge in [0, 0.05) is 42.4 Å². The Morgan fingerprint density at radius 1 is 0.976 bits per heavy atom. The summed E-state index contributed by atoms with van der Waals surface area (Å²) in [5.74, 6) is 5.07. The molecule has 2 aromatic carbocycles. The lowest BCUT2D eigenvalue weighted by Gasteiger charge is -2.39. The van der Waals surface area contributed by atoms with Gasteiger partial charge in [-0.3, -0.25) is 5.10 Å². The number of aromatic amines is 1. The third-order valence-corrected chi connectivity index (χ3v) is 6.22. The second-order valence-corrected chi connectivity index (χ2v) is 9.07. The molecule has 1 fully saturated rings. The number of fused-ring (bicyclic) bond motifs is 1. The molecule has 4 heterocycles. The van der Waals surface area contributed by atoms with Crippen molar-refractivity contribution in [1.29, 1.82) is 5.26 Å². The first-order valence-corrected chi connectivity index (χ1v) is 12.4. The van der Waals surface area contributed by atoms with Crippen LogP contribution in [0.2, 0.25) is 0 Å². The fourth-order valence-corrected chi connectivity index (χ4v) is 4.02. The Morgan fingerprint density at radius 3 is 2.40 bits per heavy atom. The minimum Gasteiger partial charge on any atom is -0.475 e. The molecule has 10 nitrogen and oxygen atoms in total. The van der Waals surface area contributed by atoms with Gasteiger partial charge in [0.15, 0.2) is 5.82 Å². The Balaban J connectivity index is 0.000000451. The fourth-order valence-electron chi connectivity index (χ4n) is 4.02. The largest absolute Gasteiger partial charge is 0.490 e. The van der Waals surface area contributed by atoms with Gasteiger partial charge in [0.05, 0.1) is 23.3 Å². The number of benzene rings is 2. The van der Waals surface area contributed by atoms with E-state index in [1.165, 1.54) is 5.56 Å². The number of anilines is 1. The van der Waals surface area contributed by atoms with E-state index in [9.17, 15) is 13.2 Å². The maximum absolute atomic E-state index is 10.6. The van der Waals surface area contributed by atoms with Gasteiger partial charge in [-0.25, -0.2) is 24.7 Å². The molecule has 0 unspecified atom stereocenters. The summed E-state index contributed by atoms with van der Waals surface area (Å²) < 4.78 is 31.7. The molecule has 1 aliphatic rings. The van der Waals surface area contributed by atoms with E-state index < -0.39 is 12.1 Å². The SMILES string of the molecule is N#Cc1ccc(C2CN(c3nccc(-c4nccc(C#Cc5ccc6[nH]ncc6c5)n4)n3)C2)cc1.O=C(O)C(F)(F)F. The van der Waals surface area contributed by atoms with Gasteiger partial charge in [0.1, 0.15) is 11.4 Å². The minimum atomic E-state index is -5.08. The highest BCUT2D eigenvalue weighted by molar-refractivity contribution is 5.79. The number of carboxylic acids is 1. The number of hydrogen-bond acceptors (Lipinski definition) is 8. The highest BCUT2D eigenvalue weighted by Crippen LogP contribution is 2.30. The van der Waals surface area contributed by atoms with Crippen molar-refractivity contribution in [3.05, 3.63) is 95.6 Å². The summed E-state index contributed by atoms with van der Waals surface area (Å²) in [4.78, 5) is 29.2. The number of nitrogens with one attached hydrogen (secondary N) is 1. The van der Waals surface area contributed by atoms with E-state index in [1.807, 2.05) is 42.5 Å². The number of aliphatic carboxylic acids is 1. The van der Waals surface area contributed by atoms with E-state index in [2.05, 4.69) is 48.0 Å². The summed E-state index contributed by atoms with van der Waals surface area (Å²) >= 11 is 0. The number of carboxylic acid groups (broad SMARTS) is 1. The standard InChI is InChI=1S/C27H18N8.C2HF3O2/c28-14-19-1-5-20(6-2-19)22-16-35(17-22)27-30-12-10-25(33-27)26-29-11-9-23(32-26)7-3-18-4-8-24-21(13-18)15-31-34-24;3-2(4,5)1(6)7/h1-2,4-6,8-13,15,22H,16-17H2,(H,31,34);(H,6,7). The zero-order valence-electron chi connectivity index (χ0n) is 21.5. The predicted octanol–water partition coefficient (Wildman–Crippen LogP) is 4.32. The van der Waals surface area contributed by atoms with Gasteiger partial charge in [-0.1, -0.05) is 18.1 Å². The van der Waals surface area contributed by atoms with E-state index in [1.54, 1.807) is 30.7 Å². The summed E-state index contributed by atoms with van der Waals surface area (Å²) in [6.45, 7) is 1.64. The molecular formula is C29H19F3N8O2. The molecule has 0 aliphatic carbocycles. The van der Waals surface area contributed by atoms with Crippen LogP contribution in [0.4, 0.5) is 19.1 Å². The van der Waals surface area contributed by atoms with Gasteiger partial charge in [-0.15, -0.1) is 0 Å². The third kappa shape index (κ3) is 6.48. The van der Waals surface area contributed by atoms with E-state index in [0.29, 0.717) is 34.6 Å². The Hall–Kier alpha value is -5.82. The Kier molecular flexibility index (Phi) is 7.75. The molecule has 0 bridgehead atoms. The Bertz CT molecular complexity index is 1850. The topological polar surface area (TPSA) is 145 Å². The van der Waals surface area contributed by atoms with Crippen molar-refractivity contribution < 1.29 is 23.1 Å². The Labute approximate surface area is 236 Å². The first-order chi connectivity index (χ1) is 20.2. The minimum absolute atomic E-state index is 0.395. The lowest BCUT2D eigenvalue weighted by Crippen LogP contribution is -2.46. The van der Waals surface area contributed by atoms with Crippen LogP contribution in [-0.4, -0.2) is 60.5 Å². The van der Waals surface area contributed by atoms with Crippen LogP contribution in [0.25, 0.3) is 22.4 Å². The number of rotatable bonds is 3. The molecule has 1 saturated heterocycles. The number of halogens is 3. The smallest absolute Gasteiger partial charge is 0.475 e. The molecule has 0 radical (unpaired) electrons. The van der Waals surface area contributed by atoms with Gasteiger partial charge < -0.3 is 10.0 Å². The number of nitriles is 1. The molecule has 3 aromatic heterocycles. The predicted molar refractivity (Wildman–Crippen MR) is 145 cm³/mol. The Morgan fingerprint density at radius 2 is 1.69 bits per heavy atom. The van der Waals surface area contributed by atoms with Crippen LogP contribution in [0, 0.1) is 23.2 Å². The quantitative estimate of drug-likeness (QED) is 0.304. The molecule has 208 valence electrons. The maximum Gasteiger partial charge on any atom is 0.490 e. The van der Waals surface area contributed by atoms with E-state index in [0.717, 1.165) is 29.6 Å². The zero-order chi connectivity index (χ0) is 29.7. The third-order valence-electron chi connectivity index (χ3n) is 6.22. The van der Waals surface area contributed by atoms with Crippen molar-refractivity contribution in [2.24, 2.45) is 0 Å². The van der Waals surface area contributed by atoms with Gasteiger partial charge in [0.2, 0.25) is 5.95 Å². The average molecular weight is 569 g/mol. The van der Waals surface area contributed by atoms with Crippen molar-refractivity contribution in [3.63, 3.8) is 0 Å². The van der Waals surface area contributed by atoms with Crippen LogP contribution in [0.3, 0.4) is 0 Å². The monoisotopic (exact) mass is 568 g/mol. The first kappa shape index (κ1) is 27.7. The molecule has 5 aromatic rings. The number of H-pyrrole nitrogens is 1. The summed E-state index contributed by atoms with van der Waals surface area (Å²) in [5, 5.41) is 24.1. The van der Waals surface area contributed by atoms with Crippen LogP contribution in [0.5, 0.6) is 0 Å². The van der Waals surface area contributed by atoms with Gasteiger partial charge in [0.25, 0.3) is 0 Å². The lowest BCUT2D eigenvalue weighted by atomic mass is 9.91. The number of carbonyl (C=O) groups is 1. The van der Waals surface area contributed by atoms with Crippen LogP contribution in [0.1, 0.15) is 28.3 Å². The zero-order valence-corrected chi connectivity index (χ0v) is 21.5. The van der Waals surface area contributed by atoms with E-state index in [4.69, 9.17) is 20.1 Å². The number of hydrogen-bond donors (Lipinski definition) is 2. The molecule has 1 aliphatic heterocycles. The van der Waals surface area contributed by atoms with Crippen LogP contribution < -0.4 is 4.90 Å². The first-order valence-electron chi connectivity index (χ1n) is 12.4. The van der Waals surface area contributed by atoms with Crippen LogP contribution in [0.15, 0.2) is 73.2 Å². The summed E-state index contributed by atoms with van der Waals surface area (Å²) in [6, 6.07) is 19.4. The van der Waals surface area contributed by atoms with Crippen molar-refractivity contribution in [2.75, 3.05) is 18.0 Å². The highest BCUT2D eigenvalue weighted by Gasteiger charge is 2.38. The normalized spacial score (nSPS) is 12.8. The molecular weight excluding hydrogens is 549 g/mol. The van der Waals surface area contributed by atoms with Crippen molar-refractivity contribution >= 4 is 22.8 Å². The molecule has 13 heteroatoms. The second-order valence-electron chi connectivity index (χ2n) is 9.07. The van der Waals surface area contributed by atoms with Gasteiger partial charge in [-0.2, -0.15) is 23.5 Å². The maximum atomic E-state index is 10.6. The molecule has 0 atom stereocenters. The van der Waals surface area contributed by atoms with Crippen molar-refractivity contribution in [1.82, 2.24) is 30.1 Å². The molecule has 0 amide bonds.